The molecular weight excluding hydrogens is 315 g/mol. The third-order valence-electron chi connectivity index (χ3n) is 2.69. The molecule has 0 unspecified atom stereocenters. The number of carbonyl (C=O) groups excluding carboxylic acids is 2. The van der Waals surface area contributed by atoms with Crippen LogP contribution in [-0.4, -0.2) is 34.6 Å². The number of carbonyl (C=O) groups is 2. The number of hydrogen-bond acceptors (Lipinski definition) is 5. The maximum atomic E-state index is 12.7. The standard InChI is InChI=1S/C13H13FN2O3S2/c14-8-1-3-9(4-2-8)15-11(17)7-21-13(20)16-10-5-6-19-12(10)18/h1-4,10H,5-7H2,(H,15,17)(H,16,20)/t10-/m0/s1. The van der Waals surface area contributed by atoms with E-state index in [9.17, 15) is 14.0 Å². The Bertz CT molecular complexity index is 551. The van der Waals surface area contributed by atoms with Crippen LogP contribution in [0.25, 0.3) is 0 Å². The summed E-state index contributed by atoms with van der Waals surface area (Å²) in [6.07, 6.45) is 0.571. The Morgan fingerprint density at radius 3 is 2.76 bits per heavy atom. The van der Waals surface area contributed by atoms with Gasteiger partial charge in [-0.1, -0.05) is 24.0 Å². The summed E-state index contributed by atoms with van der Waals surface area (Å²) in [5, 5.41) is 5.47. The normalized spacial score (nSPS) is 17.2. The van der Waals surface area contributed by atoms with E-state index >= 15 is 0 Å². The predicted octanol–water partition coefficient (Wildman–Crippen LogP) is 1.69. The lowest BCUT2D eigenvalue weighted by Crippen LogP contribution is -2.36. The monoisotopic (exact) mass is 328 g/mol. The smallest absolute Gasteiger partial charge is 0.328 e. The molecule has 5 nitrogen and oxygen atoms in total. The van der Waals surface area contributed by atoms with E-state index in [-0.39, 0.29) is 23.4 Å². The second-order valence-corrected chi connectivity index (χ2v) is 5.94. The van der Waals surface area contributed by atoms with Gasteiger partial charge in [0.2, 0.25) is 5.91 Å². The van der Waals surface area contributed by atoms with Crippen LogP contribution in [0.15, 0.2) is 24.3 Å². The maximum Gasteiger partial charge on any atom is 0.328 e. The lowest BCUT2D eigenvalue weighted by atomic mass is 10.3. The lowest BCUT2D eigenvalue weighted by Gasteiger charge is -2.10. The average molecular weight is 328 g/mol. The molecular formula is C13H13FN2O3S2. The van der Waals surface area contributed by atoms with E-state index < -0.39 is 6.04 Å². The Kier molecular flexibility index (Phi) is 5.51. The third kappa shape index (κ3) is 4.98. The number of thiocarbonyl (C=S) groups is 1. The molecule has 0 aromatic heterocycles. The molecule has 2 N–H and O–H groups in total. The Hall–Kier alpha value is -1.67. The van der Waals surface area contributed by atoms with Crippen LogP contribution in [0.3, 0.4) is 0 Å². The minimum Gasteiger partial charge on any atom is -0.464 e. The number of nitrogens with one attached hydrogen (secondary N) is 2. The Morgan fingerprint density at radius 2 is 2.14 bits per heavy atom. The zero-order chi connectivity index (χ0) is 15.2. The van der Waals surface area contributed by atoms with Crippen LogP contribution in [0.2, 0.25) is 0 Å². The molecule has 0 radical (unpaired) electrons. The summed E-state index contributed by atoms with van der Waals surface area (Å²) in [7, 11) is 0. The molecule has 1 aromatic rings. The molecule has 112 valence electrons. The van der Waals surface area contributed by atoms with Gasteiger partial charge in [-0.3, -0.25) is 4.79 Å². The summed E-state index contributed by atoms with van der Waals surface area (Å²) in [5.74, 6) is -0.847. The van der Waals surface area contributed by atoms with Crippen molar-refractivity contribution in [1.29, 1.82) is 0 Å². The van der Waals surface area contributed by atoms with Gasteiger partial charge in [0.05, 0.1) is 12.4 Å². The Morgan fingerprint density at radius 1 is 1.43 bits per heavy atom. The molecule has 1 aliphatic heterocycles. The number of thioether (sulfide) groups is 1. The molecule has 1 atom stereocenters. The fraction of sp³-hybridized carbons (Fsp3) is 0.308. The predicted molar refractivity (Wildman–Crippen MR) is 82.6 cm³/mol. The first-order valence-electron chi connectivity index (χ1n) is 6.20. The zero-order valence-corrected chi connectivity index (χ0v) is 12.6. The van der Waals surface area contributed by atoms with E-state index in [0.717, 1.165) is 11.8 Å². The van der Waals surface area contributed by atoms with Gasteiger partial charge in [0.15, 0.2) is 0 Å². The summed E-state index contributed by atoms with van der Waals surface area (Å²) >= 11 is 6.18. The summed E-state index contributed by atoms with van der Waals surface area (Å²) in [4.78, 5) is 23.0. The summed E-state index contributed by atoms with van der Waals surface area (Å²) in [5.41, 5.74) is 0.514. The topological polar surface area (TPSA) is 67.4 Å². The van der Waals surface area contributed by atoms with Gasteiger partial charge in [-0.2, -0.15) is 0 Å². The number of esters is 1. The first-order chi connectivity index (χ1) is 10.0. The van der Waals surface area contributed by atoms with Crippen molar-refractivity contribution < 1.29 is 18.7 Å². The van der Waals surface area contributed by atoms with E-state index in [1.807, 2.05) is 0 Å². The number of amides is 1. The van der Waals surface area contributed by atoms with Crippen LogP contribution < -0.4 is 10.6 Å². The molecule has 1 aliphatic rings. The number of halogens is 1. The highest BCUT2D eigenvalue weighted by molar-refractivity contribution is 8.23. The van der Waals surface area contributed by atoms with Gasteiger partial charge in [0, 0.05) is 12.1 Å². The number of ether oxygens (including phenoxy) is 1. The summed E-state index contributed by atoms with van der Waals surface area (Å²) < 4.78 is 17.9. The van der Waals surface area contributed by atoms with Crippen molar-refractivity contribution in [1.82, 2.24) is 5.32 Å². The van der Waals surface area contributed by atoms with Crippen LogP contribution in [0.1, 0.15) is 6.42 Å². The van der Waals surface area contributed by atoms with Crippen molar-refractivity contribution in [3.05, 3.63) is 30.1 Å². The first kappa shape index (κ1) is 15.7. The molecule has 1 saturated heterocycles. The second-order valence-electron chi connectivity index (χ2n) is 4.28. The quantitative estimate of drug-likeness (QED) is 0.648. The SMILES string of the molecule is O=C(CSC(=S)N[C@H]1CCOC1=O)Nc1ccc(F)cc1. The zero-order valence-electron chi connectivity index (χ0n) is 10.9. The van der Waals surface area contributed by atoms with Crippen molar-refractivity contribution in [3.63, 3.8) is 0 Å². The molecule has 1 aromatic carbocycles. The van der Waals surface area contributed by atoms with Gasteiger partial charge in [-0.05, 0) is 24.3 Å². The van der Waals surface area contributed by atoms with Crippen LogP contribution in [-0.2, 0) is 14.3 Å². The van der Waals surface area contributed by atoms with Crippen molar-refractivity contribution in [2.45, 2.75) is 12.5 Å². The van der Waals surface area contributed by atoms with E-state index in [0.29, 0.717) is 23.0 Å². The number of cyclic esters (lactones) is 1. The number of rotatable bonds is 4. The largest absolute Gasteiger partial charge is 0.464 e. The summed E-state index contributed by atoms with van der Waals surface area (Å²) in [6, 6.07) is 5.05. The van der Waals surface area contributed by atoms with E-state index in [1.165, 1.54) is 24.3 Å². The molecule has 1 heterocycles. The van der Waals surface area contributed by atoms with Gasteiger partial charge < -0.3 is 15.4 Å². The third-order valence-corrected chi connectivity index (χ3v) is 3.95. The van der Waals surface area contributed by atoms with Crippen LogP contribution in [0.4, 0.5) is 10.1 Å². The van der Waals surface area contributed by atoms with E-state index in [2.05, 4.69) is 10.6 Å². The molecule has 0 spiro atoms. The first-order valence-corrected chi connectivity index (χ1v) is 7.59. The van der Waals surface area contributed by atoms with Crippen LogP contribution in [0.5, 0.6) is 0 Å². The molecule has 2 rings (SSSR count). The van der Waals surface area contributed by atoms with Crippen molar-refractivity contribution in [2.75, 3.05) is 17.7 Å². The molecule has 1 fully saturated rings. The molecule has 0 aliphatic carbocycles. The van der Waals surface area contributed by atoms with E-state index in [1.54, 1.807) is 0 Å². The average Bonchev–Trinajstić information content (AvgIpc) is 2.85. The molecule has 0 saturated carbocycles. The van der Waals surface area contributed by atoms with E-state index in [4.69, 9.17) is 17.0 Å². The summed E-state index contributed by atoms with van der Waals surface area (Å²) in [6.45, 7) is 0.384. The van der Waals surface area contributed by atoms with Crippen LogP contribution in [0, 0.1) is 5.82 Å². The number of benzene rings is 1. The fourth-order valence-corrected chi connectivity index (χ4v) is 2.55. The van der Waals surface area contributed by atoms with Crippen LogP contribution >= 0.6 is 24.0 Å². The van der Waals surface area contributed by atoms with Gasteiger partial charge >= 0.3 is 5.97 Å². The van der Waals surface area contributed by atoms with Gasteiger partial charge in [-0.25, -0.2) is 9.18 Å². The van der Waals surface area contributed by atoms with Crippen molar-refractivity contribution >= 4 is 45.9 Å². The molecule has 8 heteroatoms. The maximum absolute atomic E-state index is 12.7. The highest BCUT2D eigenvalue weighted by atomic mass is 32.2. The van der Waals surface area contributed by atoms with Crippen molar-refractivity contribution in [3.8, 4) is 0 Å². The molecule has 0 bridgehead atoms. The number of anilines is 1. The highest BCUT2D eigenvalue weighted by Gasteiger charge is 2.26. The van der Waals surface area contributed by atoms with Crippen molar-refractivity contribution in [2.24, 2.45) is 0 Å². The van der Waals surface area contributed by atoms with Gasteiger partial charge in [-0.15, -0.1) is 0 Å². The fourth-order valence-electron chi connectivity index (χ4n) is 1.67. The highest BCUT2D eigenvalue weighted by Crippen LogP contribution is 2.12. The lowest BCUT2D eigenvalue weighted by molar-refractivity contribution is -0.139. The Balaban J connectivity index is 1.72. The number of hydrogen-bond donors (Lipinski definition) is 2. The second kappa shape index (κ2) is 7.37. The Labute approximate surface area is 130 Å². The minimum atomic E-state index is -0.426. The van der Waals surface area contributed by atoms with Gasteiger partial charge in [0.25, 0.3) is 0 Å². The molecule has 21 heavy (non-hydrogen) atoms. The molecule has 1 amide bonds. The van der Waals surface area contributed by atoms with Gasteiger partial charge in [0.1, 0.15) is 16.2 Å². The minimum absolute atomic E-state index is 0.102.